The maximum absolute atomic E-state index is 12.2. The van der Waals surface area contributed by atoms with Crippen molar-refractivity contribution >= 4 is 29.1 Å². The van der Waals surface area contributed by atoms with Crippen LogP contribution in [0, 0.1) is 5.92 Å². The zero-order chi connectivity index (χ0) is 13.8. The lowest BCUT2D eigenvalue weighted by Gasteiger charge is -2.31. The van der Waals surface area contributed by atoms with Crippen molar-refractivity contribution in [2.75, 3.05) is 18.4 Å². The van der Waals surface area contributed by atoms with Crippen molar-refractivity contribution in [2.24, 2.45) is 5.92 Å². The van der Waals surface area contributed by atoms with E-state index in [0.717, 1.165) is 19.4 Å². The molecule has 1 aromatic carbocycles. The molecule has 1 heterocycles. The number of benzene rings is 1. The second-order valence-corrected chi connectivity index (χ2v) is 5.24. The normalized spacial score (nSPS) is 19.1. The Kier molecular flexibility index (Phi) is 4.43. The molecule has 1 aliphatic rings. The van der Waals surface area contributed by atoms with Gasteiger partial charge in [0.15, 0.2) is 0 Å². The quantitative estimate of drug-likeness (QED) is 0.905. The van der Waals surface area contributed by atoms with Crippen molar-refractivity contribution < 1.29 is 9.59 Å². The molecule has 1 unspecified atom stereocenters. The summed E-state index contributed by atoms with van der Waals surface area (Å²) in [6.45, 7) is 2.79. The van der Waals surface area contributed by atoms with E-state index in [1.807, 2.05) is 0 Å². The number of halogens is 1. The molecule has 19 heavy (non-hydrogen) atoms. The molecular weight excluding hydrogens is 264 g/mol. The van der Waals surface area contributed by atoms with E-state index in [-0.39, 0.29) is 17.7 Å². The maximum Gasteiger partial charge on any atom is 0.229 e. The van der Waals surface area contributed by atoms with E-state index >= 15 is 0 Å². The Bertz CT molecular complexity index is 490. The molecule has 1 aliphatic heterocycles. The van der Waals surface area contributed by atoms with Gasteiger partial charge in [-0.2, -0.15) is 0 Å². The van der Waals surface area contributed by atoms with Gasteiger partial charge in [0, 0.05) is 30.7 Å². The summed E-state index contributed by atoms with van der Waals surface area (Å²) in [5.74, 6) is -0.162. The highest BCUT2D eigenvalue weighted by molar-refractivity contribution is 6.30. The van der Waals surface area contributed by atoms with Crippen molar-refractivity contribution in [3.63, 3.8) is 0 Å². The van der Waals surface area contributed by atoms with Crippen LogP contribution in [0.3, 0.4) is 0 Å². The number of nitrogens with zero attached hydrogens (tertiary/aromatic N) is 1. The summed E-state index contributed by atoms with van der Waals surface area (Å²) in [5, 5.41) is 3.44. The number of amides is 2. The van der Waals surface area contributed by atoms with Crippen LogP contribution in [0.1, 0.15) is 19.8 Å². The number of likely N-dealkylation sites (tertiary alicyclic amines) is 1. The molecule has 0 radical (unpaired) electrons. The molecule has 5 heteroatoms. The summed E-state index contributed by atoms with van der Waals surface area (Å²) < 4.78 is 0. The van der Waals surface area contributed by atoms with Crippen LogP contribution in [-0.2, 0) is 9.59 Å². The molecule has 4 nitrogen and oxygen atoms in total. The minimum Gasteiger partial charge on any atom is -0.342 e. The summed E-state index contributed by atoms with van der Waals surface area (Å²) in [5.41, 5.74) is 0.692. The van der Waals surface area contributed by atoms with Crippen LogP contribution < -0.4 is 5.32 Å². The van der Waals surface area contributed by atoms with E-state index < -0.39 is 0 Å². The second-order valence-electron chi connectivity index (χ2n) is 4.80. The van der Waals surface area contributed by atoms with Crippen LogP contribution >= 0.6 is 11.6 Å². The highest BCUT2D eigenvalue weighted by Crippen LogP contribution is 2.20. The summed E-state index contributed by atoms with van der Waals surface area (Å²) in [6.07, 6.45) is 1.68. The molecule has 0 bridgehead atoms. The van der Waals surface area contributed by atoms with E-state index in [1.165, 1.54) is 6.92 Å². The first-order chi connectivity index (χ1) is 9.06. The standard InChI is InChI=1S/C14H17ClN2O2/c1-10(18)17-7-3-4-11(9-17)14(19)16-13-6-2-5-12(15)8-13/h2,5-6,8,11H,3-4,7,9H2,1H3,(H,16,19). The first-order valence-electron chi connectivity index (χ1n) is 6.38. The molecule has 0 saturated carbocycles. The molecule has 0 aromatic heterocycles. The Morgan fingerprint density at radius 2 is 2.21 bits per heavy atom. The minimum atomic E-state index is -0.142. The van der Waals surface area contributed by atoms with Crippen LogP contribution in [0.2, 0.25) is 5.02 Å². The lowest BCUT2D eigenvalue weighted by molar-refractivity contribution is -0.132. The van der Waals surface area contributed by atoms with Gasteiger partial charge in [0.05, 0.1) is 5.92 Å². The van der Waals surface area contributed by atoms with E-state index in [9.17, 15) is 9.59 Å². The molecule has 0 aliphatic carbocycles. The molecule has 2 rings (SSSR count). The maximum atomic E-state index is 12.2. The van der Waals surface area contributed by atoms with Gasteiger partial charge in [-0.25, -0.2) is 0 Å². The third-order valence-corrected chi connectivity index (χ3v) is 3.56. The Morgan fingerprint density at radius 1 is 1.42 bits per heavy atom. The zero-order valence-electron chi connectivity index (χ0n) is 10.9. The number of carbonyl (C=O) groups is 2. The topological polar surface area (TPSA) is 49.4 Å². The molecule has 2 amide bonds. The van der Waals surface area contributed by atoms with Crippen LogP contribution in [0.5, 0.6) is 0 Å². The van der Waals surface area contributed by atoms with Crippen LogP contribution in [0.4, 0.5) is 5.69 Å². The van der Waals surface area contributed by atoms with Gasteiger partial charge >= 0.3 is 0 Å². The smallest absolute Gasteiger partial charge is 0.229 e. The molecule has 0 spiro atoms. The number of piperidine rings is 1. The van der Waals surface area contributed by atoms with Gasteiger partial charge in [0.25, 0.3) is 0 Å². The predicted molar refractivity (Wildman–Crippen MR) is 75.1 cm³/mol. The second kappa shape index (κ2) is 6.06. The molecular formula is C14H17ClN2O2. The van der Waals surface area contributed by atoms with Crippen molar-refractivity contribution in [2.45, 2.75) is 19.8 Å². The van der Waals surface area contributed by atoms with E-state index in [4.69, 9.17) is 11.6 Å². The Morgan fingerprint density at radius 3 is 2.89 bits per heavy atom. The zero-order valence-corrected chi connectivity index (χ0v) is 11.6. The molecule has 102 valence electrons. The van der Waals surface area contributed by atoms with Crippen LogP contribution in [-0.4, -0.2) is 29.8 Å². The minimum absolute atomic E-state index is 0.0280. The highest BCUT2D eigenvalue weighted by atomic mass is 35.5. The SMILES string of the molecule is CC(=O)N1CCCC(C(=O)Nc2cccc(Cl)c2)C1. The average molecular weight is 281 g/mol. The third-order valence-electron chi connectivity index (χ3n) is 3.33. The monoisotopic (exact) mass is 280 g/mol. The summed E-state index contributed by atoms with van der Waals surface area (Å²) in [6, 6.07) is 7.07. The Labute approximate surface area is 117 Å². The van der Waals surface area contributed by atoms with E-state index in [0.29, 0.717) is 17.3 Å². The van der Waals surface area contributed by atoms with Gasteiger partial charge in [-0.15, -0.1) is 0 Å². The highest BCUT2D eigenvalue weighted by Gasteiger charge is 2.26. The Hall–Kier alpha value is -1.55. The van der Waals surface area contributed by atoms with Crippen LogP contribution in [0.25, 0.3) is 0 Å². The first-order valence-corrected chi connectivity index (χ1v) is 6.76. The van der Waals surface area contributed by atoms with Crippen molar-refractivity contribution in [1.82, 2.24) is 4.90 Å². The van der Waals surface area contributed by atoms with Crippen molar-refractivity contribution in [3.05, 3.63) is 29.3 Å². The summed E-state index contributed by atoms with van der Waals surface area (Å²) in [4.78, 5) is 25.2. The molecule has 1 atom stereocenters. The molecule has 1 aromatic rings. The fourth-order valence-corrected chi connectivity index (χ4v) is 2.48. The molecule has 1 saturated heterocycles. The molecule has 1 N–H and O–H groups in total. The van der Waals surface area contributed by atoms with Gasteiger partial charge in [0.2, 0.25) is 11.8 Å². The van der Waals surface area contributed by atoms with E-state index in [1.54, 1.807) is 29.2 Å². The molecule has 1 fully saturated rings. The fourth-order valence-electron chi connectivity index (χ4n) is 2.29. The lowest BCUT2D eigenvalue weighted by Crippen LogP contribution is -2.42. The number of anilines is 1. The average Bonchev–Trinajstić information content (AvgIpc) is 2.39. The third kappa shape index (κ3) is 3.70. The van der Waals surface area contributed by atoms with Gasteiger partial charge in [-0.1, -0.05) is 17.7 Å². The van der Waals surface area contributed by atoms with Crippen molar-refractivity contribution in [3.8, 4) is 0 Å². The number of hydrogen-bond donors (Lipinski definition) is 1. The fraction of sp³-hybridized carbons (Fsp3) is 0.429. The summed E-state index contributed by atoms with van der Waals surface area (Å²) in [7, 11) is 0. The lowest BCUT2D eigenvalue weighted by atomic mass is 9.97. The number of rotatable bonds is 2. The number of hydrogen-bond acceptors (Lipinski definition) is 2. The van der Waals surface area contributed by atoms with Crippen LogP contribution in [0.15, 0.2) is 24.3 Å². The van der Waals surface area contributed by atoms with Crippen molar-refractivity contribution in [1.29, 1.82) is 0 Å². The Balaban J connectivity index is 1.98. The number of nitrogens with one attached hydrogen (secondary N) is 1. The number of carbonyl (C=O) groups excluding carboxylic acids is 2. The summed E-state index contributed by atoms with van der Waals surface area (Å²) >= 11 is 5.87. The first kappa shape index (κ1) is 13.9. The largest absolute Gasteiger partial charge is 0.342 e. The van der Waals surface area contributed by atoms with Gasteiger partial charge in [-0.05, 0) is 31.0 Å². The predicted octanol–water partition coefficient (Wildman–Crippen LogP) is 2.54. The van der Waals surface area contributed by atoms with Gasteiger partial charge in [-0.3, -0.25) is 9.59 Å². The van der Waals surface area contributed by atoms with Gasteiger partial charge in [0.1, 0.15) is 0 Å². The van der Waals surface area contributed by atoms with Gasteiger partial charge < -0.3 is 10.2 Å². The van der Waals surface area contributed by atoms with E-state index in [2.05, 4.69) is 5.32 Å².